The molecule has 119 valence electrons. The lowest BCUT2D eigenvalue weighted by Crippen LogP contribution is -2.50. The summed E-state index contributed by atoms with van der Waals surface area (Å²) in [6, 6.07) is 7.78. The highest BCUT2D eigenvalue weighted by molar-refractivity contribution is 5.89. The van der Waals surface area contributed by atoms with E-state index >= 15 is 0 Å². The Kier molecular flexibility index (Phi) is 5.12. The fourth-order valence-corrected chi connectivity index (χ4v) is 2.65. The van der Waals surface area contributed by atoms with E-state index in [0.717, 1.165) is 17.1 Å². The Morgan fingerprint density at radius 1 is 1.32 bits per heavy atom. The number of amides is 2. The number of hydrogen-bond donors (Lipinski definition) is 4. The van der Waals surface area contributed by atoms with E-state index in [0.29, 0.717) is 0 Å². The molecule has 1 aliphatic rings. The van der Waals surface area contributed by atoms with Crippen LogP contribution in [0.25, 0.3) is 0 Å². The summed E-state index contributed by atoms with van der Waals surface area (Å²) in [5.74, 6) is -2.35. The highest BCUT2D eigenvalue weighted by Gasteiger charge is 2.46. The second kappa shape index (κ2) is 6.87. The van der Waals surface area contributed by atoms with Gasteiger partial charge in [-0.05, 0) is 12.0 Å². The van der Waals surface area contributed by atoms with Gasteiger partial charge in [0.05, 0.1) is 25.2 Å². The SMILES string of the molecule is NC(=O)C1[C@@H](O)[C@@H](O)CN1C(=O)[C@@H]([CH]O)Cc1ccccc1. The summed E-state index contributed by atoms with van der Waals surface area (Å²) in [6.07, 6.45) is -2.42. The van der Waals surface area contributed by atoms with Crippen LogP contribution >= 0.6 is 0 Å². The van der Waals surface area contributed by atoms with Gasteiger partial charge in [-0.2, -0.15) is 0 Å². The molecule has 0 saturated carbocycles. The normalized spacial score (nSPS) is 26.0. The van der Waals surface area contributed by atoms with Gasteiger partial charge in [-0.3, -0.25) is 9.59 Å². The molecule has 1 aromatic carbocycles. The van der Waals surface area contributed by atoms with E-state index in [2.05, 4.69) is 0 Å². The zero-order valence-electron chi connectivity index (χ0n) is 11.9. The minimum Gasteiger partial charge on any atom is -0.390 e. The summed E-state index contributed by atoms with van der Waals surface area (Å²) in [7, 11) is 0. The van der Waals surface area contributed by atoms with Crippen molar-refractivity contribution in [1.82, 2.24) is 4.90 Å². The molecule has 1 aromatic rings. The second-order valence-corrected chi connectivity index (χ2v) is 5.34. The summed E-state index contributed by atoms with van der Waals surface area (Å²) in [5.41, 5.74) is 6.03. The Labute approximate surface area is 128 Å². The number of aliphatic hydroxyl groups is 3. The minimum atomic E-state index is -1.42. The minimum absolute atomic E-state index is 0.202. The molecule has 1 unspecified atom stereocenters. The van der Waals surface area contributed by atoms with Crippen molar-refractivity contribution in [3.63, 3.8) is 0 Å². The summed E-state index contributed by atoms with van der Waals surface area (Å²) in [4.78, 5) is 24.9. The molecule has 0 bridgehead atoms. The maximum Gasteiger partial charge on any atom is 0.243 e. The van der Waals surface area contributed by atoms with Crippen LogP contribution in [0.15, 0.2) is 30.3 Å². The molecular weight excluding hydrogens is 288 g/mol. The van der Waals surface area contributed by atoms with E-state index < -0.39 is 36.0 Å². The fraction of sp³-hybridized carbons (Fsp3) is 0.400. The molecule has 2 rings (SSSR count). The number of aliphatic hydroxyl groups excluding tert-OH is 3. The van der Waals surface area contributed by atoms with Crippen LogP contribution in [0.1, 0.15) is 5.56 Å². The van der Waals surface area contributed by atoms with Crippen molar-refractivity contribution in [2.75, 3.05) is 6.54 Å². The average Bonchev–Trinajstić information content (AvgIpc) is 2.81. The number of hydrogen-bond acceptors (Lipinski definition) is 5. The Morgan fingerprint density at radius 2 is 1.95 bits per heavy atom. The standard InChI is InChI=1S/C15H19N2O5/c16-14(21)12-13(20)11(19)7-17(12)15(22)10(8-18)6-9-4-2-1-3-5-9/h1-5,8,10-13,18-20H,6-7H2,(H2,16,21)/t10-,11+,12?,13+/m1/s1. The summed E-state index contributed by atoms with van der Waals surface area (Å²) in [5, 5.41) is 28.8. The van der Waals surface area contributed by atoms with E-state index in [-0.39, 0.29) is 13.0 Å². The van der Waals surface area contributed by atoms with Crippen molar-refractivity contribution < 1.29 is 24.9 Å². The molecule has 1 fully saturated rings. The number of nitrogens with two attached hydrogens (primary N) is 1. The van der Waals surface area contributed by atoms with Crippen molar-refractivity contribution in [3.05, 3.63) is 42.5 Å². The van der Waals surface area contributed by atoms with Crippen molar-refractivity contribution in [2.45, 2.75) is 24.7 Å². The van der Waals surface area contributed by atoms with Gasteiger partial charge < -0.3 is 26.0 Å². The molecule has 4 atom stereocenters. The van der Waals surface area contributed by atoms with Crippen LogP contribution in [0.5, 0.6) is 0 Å². The molecule has 22 heavy (non-hydrogen) atoms. The van der Waals surface area contributed by atoms with E-state index in [1.165, 1.54) is 0 Å². The smallest absolute Gasteiger partial charge is 0.243 e. The zero-order chi connectivity index (χ0) is 16.3. The zero-order valence-corrected chi connectivity index (χ0v) is 11.9. The molecule has 1 saturated heterocycles. The number of β-amino-alcohol motifs (C(OH)–C–C–N with tert-alkyl or cyclic N) is 1. The van der Waals surface area contributed by atoms with Gasteiger partial charge in [-0.1, -0.05) is 30.3 Å². The summed E-state index contributed by atoms with van der Waals surface area (Å²) >= 11 is 0. The lowest BCUT2D eigenvalue weighted by molar-refractivity contribution is -0.142. The highest BCUT2D eigenvalue weighted by Crippen LogP contribution is 2.23. The molecule has 1 aliphatic heterocycles. The predicted molar refractivity (Wildman–Crippen MR) is 76.6 cm³/mol. The monoisotopic (exact) mass is 307 g/mol. The number of primary amides is 1. The summed E-state index contributed by atoms with van der Waals surface area (Å²) in [6.45, 7) is 0.553. The molecular formula is C15H19N2O5. The molecule has 0 aliphatic carbocycles. The van der Waals surface area contributed by atoms with Gasteiger partial charge in [0.1, 0.15) is 12.1 Å². The third-order valence-electron chi connectivity index (χ3n) is 3.81. The van der Waals surface area contributed by atoms with Gasteiger partial charge in [0, 0.05) is 0 Å². The van der Waals surface area contributed by atoms with Crippen LogP contribution < -0.4 is 5.73 Å². The van der Waals surface area contributed by atoms with E-state index in [1.807, 2.05) is 30.3 Å². The van der Waals surface area contributed by atoms with Gasteiger partial charge in [0.25, 0.3) is 0 Å². The lowest BCUT2D eigenvalue weighted by atomic mass is 9.98. The summed E-state index contributed by atoms with van der Waals surface area (Å²) < 4.78 is 0. The van der Waals surface area contributed by atoms with Gasteiger partial charge in [0.2, 0.25) is 11.8 Å². The number of benzene rings is 1. The molecule has 7 heteroatoms. The third kappa shape index (κ3) is 3.27. The average molecular weight is 307 g/mol. The largest absolute Gasteiger partial charge is 0.390 e. The van der Waals surface area contributed by atoms with Crippen LogP contribution in [0.3, 0.4) is 0 Å². The van der Waals surface area contributed by atoms with Gasteiger partial charge in [-0.15, -0.1) is 0 Å². The number of nitrogens with zero attached hydrogens (tertiary/aromatic N) is 1. The molecule has 7 nitrogen and oxygen atoms in total. The molecule has 5 N–H and O–H groups in total. The third-order valence-corrected chi connectivity index (χ3v) is 3.81. The first-order valence-corrected chi connectivity index (χ1v) is 6.93. The van der Waals surface area contributed by atoms with Crippen LogP contribution in [-0.2, 0) is 16.0 Å². The van der Waals surface area contributed by atoms with Crippen LogP contribution in [0.4, 0.5) is 0 Å². The van der Waals surface area contributed by atoms with E-state index in [1.54, 1.807) is 0 Å². The highest BCUT2D eigenvalue weighted by atomic mass is 16.3. The van der Waals surface area contributed by atoms with Gasteiger partial charge >= 0.3 is 0 Å². The number of carbonyl (C=O) groups is 2. The quantitative estimate of drug-likeness (QED) is 0.544. The van der Waals surface area contributed by atoms with Gasteiger partial charge in [0.15, 0.2) is 0 Å². The maximum atomic E-state index is 12.5. The number of carbonyl (C=O) groups excluding carboxylic acids is 2. The van der Waals surface area contributed by atoms with Gasteiger partial charge in [-0.25, -0.2) is 0 Å². The van der Waals surface area contributed by atoms with Crippen molar-refractivity contribution in [2.24, 2.45) is 11.7 Å². The van der Waals surface area contributed by atoms with Crippen molar-refractivity contribution in [1.29, 1.82) is 0 Å². The fourth-order valence-electron chi connectivity index (χ4n) is 2.65. The molecule has 0 spiro atoms. The predicted octanol–water partition coefficient (Wildman–Crippen LogP) is -1.20. The Bertz CT molecular complexity index is 536. The number of rotatable bonds is 5. The van der Waals surface area contributed by atoms with E-state index in [9.17, 15) is 24.9 Å². The van der Waals surface area contributed by atoms with Crippen molar-refractivity contribution in [3.8, 4) is 0 Å². The topological polar surface area (TPSA) is 124 Å². The maximum absolute atomic E-state index is 12.5. The van der Waals surface area contributed by atoms with Crippen LogP contribution in [-0.4, -0.2) is 56.8 Å². The van der Waals surface area contributed by atoms with E-state index in [4.69, 9.17) is 5.73 Å². The first-order chi connectivity index (χ1) is 10.5. The molecule has 0 aromatic heterocycles. The van der Waals surface area contributed by atoms with Crippen LogP contribution in [0.2, 0.25) is 0 Å². The Hall–Kier alpha value is -1.96. The lowest BCUT2D eigenvalue weighted by Gasteiger charge is -2.26. The molecule has 2 amide bonds. The molecule has 1 radical (unpaired) electrons. The first-order valence-electron chi connectivity index (χ1n) is 6.93. The second-order valence-electron chi connectivity index (χ2n) is 5.34. The first kappa shape index (κ1) is 16.4. The Morgan fingerprint density at radius 3 is 2.50 bits per heavy atom. The van der Waals surface area contributed by atoms with Crippen molar-refractivity contribution >= 4 is 11.8 Å². The number of likely N-dealkylation sites (tertiary alicyclic amines) is 1. The van der Waals surface area contributed by atoms with Crippen LogP contribution in [0, 0.1) is 12.5 Å². The Balaban J connectivity index is 2.15. The molecule has 1 heterocycles.